The summed E-state index contributed by atoms with van der Waals surface area (Å²) in [6, 6.07) is 37.2. The second-order valence-electron chi connectivity index (χ2n) is 14.5. The first kappa shape index (κ1) is 28.1. The van der Waals surface area contributed by atoms with Crippen LogP contribution in [0.5, 0.6) is 0 Å². The Kier molecular flexibility index (Phi) is 5.93. The number of hydrogen-bond donors (Lipinski definition) is 0. The zero-order valence-corrected chi connectivity index (χ0v) is 27.6. The summed E-state index contributed by atoms with van der Waals surface area (Å²) in [5.74, 6) is 2.60. The summed E-state index contributed by atoms with van der Waals surface area (Å²) in [5.41, 5.74) is 13.8. The van der Waals surface area contributed by atoms with E-state index in [1.807, 2.05) is 0 Å². The van der Waals surface area contributed by atoms with Crippen LogP contribution in [0.4, 0.5) is 0 Å². The Hall–Kier alpha value is -5.15. The molecule has 0 amide bonds. The maximum atomic E-state index is 5.23. The maximum absolute atomic E-state index is 5.23. The van der Waals surface area contributed by atoms with Crippen molar-refractivity contribution in [3.8, 4) is 45.3 Å². The first-order valence-electron chi connectivity index (χ1n) is 16.8. The van der Waals surface area contributed by atoms with Crippen molar-refractivity contribution in [3.05, 3.63) is 143 Å². The lowest BCUT2D eigenvalue weighted by Crippen LogP contribution is -2.17. The predicted octanol–water partition coefficient (Wildman–Crippen LogP) is 11.0. The molecule has 1 heterocycles. The summed E-state index contributed by atoms with van der Waals surface area (Å²) in [6.45, 7) is 11.7. The van der Waals surface area contributed by atoms with Gasteiger partial charge in [0, 0.05) is 27.5 Å². The summed E-state index contributed by atoms with van der Waals surface area (Å²) in [4.78, 5) is 15.6. The van der Waals surface area contributed by atoms with Gasteiger partial charge in [0.1, 0.15) is 0 Å². The minimum Gasteiger partial charge on any atom is -0.208 e. The van der Waals surface area contributed by atoms with E-state index in [1.165, 1.54) is 49.9 Å². The third-order valence-electron chi connectivity index (χ3n) is 11.0. The highest BCUT2D eigenvalue weighted by molar-refractivity contribution is 5.95. The molecule has 1 atom stereocenters. The summed E-state index contributed by atoms with van der Waals surface area (Å²) in [5, 5.41) is 2.31. The molecule has 0 N–H and O–H groups in total. The molecule has 3 heteroatoms. The molecule has 0 radical (unpaired) electrons. The topological polar surface area (TPSA) is 38.7 Å². The molecule has 0 spiro atoms. The molecule has 1 unspecified atom stereocenters. The Morgan fingerprint density at radius 2 is 1.15 bits per heavy atom. The lowest BCUT2D eigenvalue weighted by Gasteiger charge is -2.25. The fourth-order valence-corrected chi connectivity index (χ4v) is 8.42. The van der Waals surface area contributed by atoms with Crippen molar-refractivity contribution in [2.24, 2.45) is 5.92 Å². The normalized spacial score (nSPS) is 18.2. The van der Waals surface area contributed by atoms with Crippen molar-refractivity contribution in [2.45, 2.75) is 51.9 Å². The highest BCUT2D eigenvalue weighted by atomic mass is 15.0. The molecule has 9 rings (SSSR count). The van der Waals surface area contributed by atoms with Gasteiger partial charge < -0.3 is 0 Å². The van der Waals surface area contributed by atoms with Crippen LogP contribution < -0.4 is 0 Å². The van der Waals surface area contributed by atoms with Gasteiger partial charge in [-0.2, -0.15) is 0 Å². The molecule has 6 aromatic rings. The number of hydrogen-bond acceptors (Lipinski definition) is 3. The quantitative estimate of drug-likeness (QED) is 0.201. The van der Waals surface area contributed by atoms with Gasteiger partial charge in [0.2, 0.25) is 0 Å². The molecular weight excluding hydrogens is 571 g/mol. The molecule has 0 saturated carbocycles. The number of benzene rings is 5. The number of aromatic nitrogens is 3. The Morgan fingerprint density at radius 3 is 1.94 bits per heavy atom. The Balaban J connectivity index is 1.24. The number of allylic oxidation sites excluding steroid dienone is 4. The zero-order chi connectivity index (χ0) is 32.1. The molecular formula is C44H37N3. The number of fused-ring (bicyclic) bond motifs is 6. The standard InChI is InChI=1S/C44H37N3/c1-26-12-10-19-36-39(26)34-23-21-29(25-38(34)44(36,4)5)41-45-40(46-42(47-41)33-17-11-14-27-13-6-7-15-30(27)33)28-20-22-32-31-16-8-9-18-35(31)43(2,3)37(32)24-28/h6-11,13-26H,12H2,1-5H3. The molecule has 228 valence electrons. The molecule has 0 fully saturated rings. The van der Waals surface area contributed by atoms with E-state index in [2.05, 4.69) is 150 Å². The maximum Gasteiger partial charge on any atom is 0.164 e. The summed E-state index contributed by atoms with van der Waals surface area (Å²) in [6.07, 6.45) is 5.77. The average molecular weight is 608 g/mol. The molecule has 3 aliphatic carbocycles. The van der Waals surface area contributed by atoms with Gasteiger partial charge in [0.15, 0.2) is 17.5 Å². The smallest absolute Gasteiger partial charge is 0.164 e. The van der Waals surface area contributed by atoms with Crippen LogP contribution >= 0.6 is 0 Å². The van der Waals surface area contributed by atoms with Gasteiger partial charge in [-0.3, -0.25) is 0 Å². The molecule has 1 aromatic heterocycles. The molecule has 0 aliphatic heterocycles. The zero-order valence-electron chi connectivity index (χ0n) is 27.6. The van der Waals surface area contributed by atoms with Crippen LogP contribution in [0.1, 0.15) is 63.3 Å². The predicted molar refractivity (Wildman–Crippen MR) is 194 cm³/mol. The van der Waals surface area contributed by atoms with Crippen LogP contribution in [-0.4, -0.2) is 15.0 Å². The average Bonchev–Trinajstić information content (AvgIpc) is 3.47. The second kappa shape index (κ2) is 9.92. The van der Waals surface area contributed by atoms with Crippen LogP contribution in [-0.2, 0) is 10.8 Å². The van der Waals surface area contributed by atoms with Crippen molar-refractivity contribution in [3.63, 3.8) is 0 Å². The summed E-state index contributed by atoms with van der Waals surface area (Å²) >= 11 is 0. The first-order valence-corrected chi connectivity index (χ1v) is 16.8. The number of rotatable bonds is 3. The lowest BCUT2D eigenvalue weighted by atomic mass is 9.78. The van der Waals surface area contributed by atoms with Gasteiger partial charge in [-0.25, -0.2) is 15.0 Å². The Labute approximate surface area is 276 Å². The van der Waals surface area contributed by atoms with Gasteiger partial charge >= 0.3 is 0 Å². The van der Waals surface area contributed by atoms with E-state index in [0.29, 0.717) is 23.4 Å². The summed E-state index contributed by atoms with van der Waals surface area (Å²) in [7, 11) is 0. The molecule has 3 nitrogen and oxygen atoms in total. The van der Waals surface area contributed by atoms with Gasteiger partial charge in [-0.1, -0.05) is 138 Å². The monoisotopic (exact) mass is 607 g/mol. The minimum atomic E-state index is -0.112. The van der Waals surface area contributed by atoms with Crippen LogP contribution in [0.2, 0.25) is 0 Å². The second-order valence-corrected chi connectivity index (χ2v) is 14.5. The van der Waals surface area contributed by atoms with Crippen molar-refractivity contribution in [2.75, 3.05) is 0 Å². The SMILES string of the molecule is CC1CC=CC2=C1c1ccc(-c3nc(-c4ccc5c(c4)C(C)(C)c4ccccc4-5)nc(-c4cccc5ccccc45)n3)cc1C2(C)C. The molecule has 47 heavy (non-hydrogen) atoms. The van der Waals surface area contributed by atoms with E-state index >= 15 is 0 Å². The third kappa shape index (κ3) is 4.09. The van der Waals surface area contributed by atoms with Gasteiger partial charge in [0.05, 0.1) is 0 Å². The van der Waals surface area contributed by atoms with Crippen molar-refractivity contribution >= 4 is 16.3 Å². The van der Waals surface area contributed by atoms with Gasteiger partial charge in [0.25, 0.3) is 0 Å². The van der Waals surface area contributed by atoms with E-state index < -0.39 is 0 Å². The van der Waals surface area contributed by atoms with Crippen molar-refractivity contribution in [1.82, 2.24) is 15.0 Å². The Bertz CT molecular complexity index is 2350. The first-order chi connectivity index (χ1) is 22.7. The van der Waals surface area contributed by atoms with Gasteiger partial charge in [-0.05, 0) is 79.8 Å². The number of nitrogens with zero attached hydrogens (tertiary/aromatic N) is 3. The molecule has 3 aliphatic rings. The highest BCUT2D eigenvalue weighted by Crippen LogP contribution is 2.53. The fraction of sp³-hybridized carbons (Fsp3) is 0.205. The van der Waals surface area contributed by atoms with Crippen LogP contribution in [0.3, 0.4) is 0 Å². The van der Waals surface area contributed by atoms with Crippen molar-refractivity contribution in [1.29, 1.82) is 0 Å². The molecule has 0 bridgehead atoms. The van der Waals surface area contributed by atoms with E-state index in [4.69, 9.17) is 15.0 Å². The van der Waals surface area contributed by atoms with Crippen LogP contribution in [0, 0.1) is 5.92 Å². The van der Waals surface area contributed by atoms with E-state index in [-0.39, 0.29) is 10.8 Å². The van der Waals surface area contributed by atoms with Crippen molar-refractivity contribution < 1.29 is 0 Å². The van der Waals surface area contributed by atoms with E-state index in [9.17, 15) is 0 Å². The fourth-order valence-electron chi connectivity index (χ4n) is 8.42. The van der Waals surface area contributed by atoms with E-state index in [1.54, 1.807) is 0 Å². The lowest BCUT2D eigenvalue weighted by molar-refractivity contribution is 0.643. The van der Waals surface area contributed by atoms with Crippen LogP contribution in [0.15, 0.2) is 121 Å². The molecule has 0 saturated heterocycles. The minimum absolute atomic E-state index is 0.0826. The third-order valence-corrected chi connectivity index (χ3v) is 11.0. The van der Waals surface area contributed by atoms with E-state index in [0.717, 1.165) is 28.5 Å². The highest BCUT2D eigenvalue weighted by Gasteiger charge is 2.39. The molecule has 5 aromatic carbocycles. The largest absolute Gasteiger partial charge is 0.208 e. The van der Waals surface area contributed by atoms with Gasteiger partial charge in [-0.15, -0.1) is 0 Å². The Morgan fingerprint density at radius 1 is 0.553 bits per heavy atom. The van der Waals surface area contributed by atoms with Crippen LogP contribution in [0.25, 0.3) is 61.6 Å². The summed E-state index contributed by atoms with van der Waals surface area (Å²) < 4.78 is 0.